The molecule has 3 aromatic carbocycles. The Morgan fingerprint density at radius 2 is 1.56 bits per heavy atom. The lowest BCUT2D eigenvalue weighted by molar-refractivity contribution is -0.155. The molecule has 34 heavy (non-hydrogen) atoms. The third kappa shape index (κ3) is 4.63. The number of aliphatic hydroxyl groups is 2. The number of carbonyl (C=O) groups excluding carboxylic acids is 1. The zero-order valence-electron chi connectivity index (χ0n) is 19.2. The largest absolute Gasteiger partial charge is 0.510 e. The van der Waals surface area contributed by atoms with E-state index >= 15 is 0 Å². The summed E-state index contributed by atoms with van der Waals surface area (Å²) in [6.07, 6.45) is 0.889. The van der Waals surface area contributed by atoms with E-state index in [0.29, 0.717) is 12.3 Å². The van der Waals surface area contributed by atoms with E-state index < -0.39 is 11.6 Å². The number of benzene rings is 3. The van der Waals surface area contributed by atoms with Gasteiger partial charge in [0, 0.05) is 23.4 Å². The zero-order chi connectivity index (χ0) is 24.0. The van der Waals surface area contributed by atoms with Gasteiger partial charge in [-0.15, -0.1) is 0 Å². The first kappa shape index (κ1) is 23.4. The van der Waals surface area contributed by atoms with Gasteiger partial charge in [0.1, 0.15) is 18.1 Å². The minimum atomic E-state index is -1.18. The van der Waals surface area contributed by atoms with Crippen molar-refractivity contribution in [2.24, 2.45) is 0 Å². The van der Waals surface area contributed by atoms with Crippen LogP contribution in [0, 0.1) is 0 Å². The van der Waals surface area contributed by atoms with Crippen molar-refractivity contribution in [1.82, 2.24) is 0 Å². The van der Waals surface area contributed by atoms with Crippen LogP contribution in [0.2, 0.25) is 0 Å². The second-order valence-corrected chi connectivity index (χ2v) is 8.14. The van der Waals surface area contributed by atoms with Crippen LogP contribution in [0.4, 0.5) is 5.69 Å². The van der Waals surface area contributed by atoms with E-state index in [1.165, 1.54) is 0 Å². The zero-order valence-corrected chi connectivity index (χ0v) is 19.2. The summed E-state index contributed by atoms with van der Waals surface area (Å²) in [5, 5.41) is 20.3. The van der Waals surface area contributed by atoms with Gasteiger partial charge >= 0.3 is 5.97 Å². The molecule has 1 aliphatic heterocycles. The van der Waals surface area contributed by atoms with E-state index in [9.17, 15) is 9.90 Å². The number of hydrogen-bond acceptors (Lipinski definition) is 6. The van der Waals surface area contributed by atoms with Crippen molar-refractivity contribution in [3.05, 3.63) is 108 Å². The summed E-state index contributed by atoms with van der Waals surface area (Å²) in [4.78, 5) is 15.3. The van der Waals surface area contributed by atoms with Crippen LogP contribution in [0.25, 0.3) is 0 Å². The number of aliphatic hydroxyl groups excluding tert-OH is 2. The number of esters is 1. The second-order valence-electron chi connectivity index (χ2n) is 8.14. The molecule has 4 rings (SSSR count). The molecule has 1 heterocycles. The molecule has 1 unspecified atom stereocenters. The molecule has 0 aromatic heterocycles. The molecule has 2 N–H and O–H groups in total. The first-order valence-corrected chi connectivity index (χ1v) is 11.5. The molecule has 6 heteroatoms. The molecule has 1 aliphatic rings. The molecule has 1 atom stereocenters. The van der Waals surface area contributed by atoms with Gasteiger partial charge in [-0.2, -0.15) is 0 Å². The Balaban J connectivity index is 1.78. The van der Waals surface area contributed by atoms with Crippen LogP contribution < -0.4 is 9.64 Å². The predicted molar refractivity (Wildman–Crippen MR) is 131 cm³/mol. The first-order valence-electron chi connectivity index (χ1n) is 11.5. The van der Waals surface area contributed by atoms with Crippen LogP contribution in [0.1, 0.15) is 30.9 Å². The van der Waals surface area contributed by atoms with E-state index in [2.05, 4.69) is 0 Å². The number of carbonyl (C=O) groups is 1. The number of hydrogen-bond donors (Lipinski definition) is 2. The highest BCUT2D eigenvalue weighted by Gasteiger charge is 2.46. The Kier molecular flexibility index (Phi) is 7.18. The van der Waals surface area contributed by atoms with Crippen LogP contribution >= 0.6 is 0 Å². The van der Waals surface area contributed by atoms with E-state index in [1.54, 1.807) is 12.1 Å². The number of para-hydroxylation sites is 1. The topological polar surface area (TPSA) is 79.2 Å². The molecular formula is C28H29NO5. The normalized spacial score (nSPS) is 17.9. The summed E-state index contributed by atoms with van der Waals surface area (Å²) >= 11 is 0. The lowest BCUT2D eigenvalue weighted by atomic mass is 9.81. The quantitative estimate of drug-likeness (QED) is 0.442. The van der Waals surface area contributed by atoms with Gasteiger partial charge in [0.15, 0.2) is 11.3 Å². The van der Waals surface area contributed by atoms with Gasteiger partial charge in [-0.05, 0) is 30.7 Å². The van der Waals surface area contributed by atoms with Gasteiger partial charge in [-0.25, -0.2) is 4.79 Å². The minimum absolute atomic E-state index is 0.0157. The number of ether oxygens (including phenoxy) is 2. The van der Waals surface area contributed by atoms with E-state index in [-0.39, 0.29) is 31.1 Å². The Labute approximate surface area is 199 Å². The van der Waals surface area contributed by atoms with Crippen molar-refractivity contribution in [2.75, 3.05) is 24.7 Å². The van der Waals surface area contributed by atoms with Crippen molar-refractivity contribution in [1.29, 1.82) is 0 Å². The van der Waals surface area contributed by atoms with Crippen LogP contribution in [0.3, 0.4) is 0 Å². The molecule has 0 saturated heterocycles. The molecule has 0 aliphatic carbocycles. The minimum Gasteiger partial charge on any atom is -0.510 e. The van der Waals surface area contributed by atoms with Crippen LogP contribution in [0.5, 0.6) is 5.75 Å². The smallest absolute Gasteiger partial charge is 0.359 e. The van der Waals surface area contributed by atoms with Crippen LogP contribution in [-0.4, -0.2) is 35.9 Å². The number of rotatable bonds is 9. The van der Waals surface area contributed by atoms with Crippen LogP contribution in [0.15, 0.2) is 96.4 Å². The molecule has 0 spiro atoms. The highest BCUT2D eigenvalue weighted by atomic mass is 16.6. The van der Waals surface area contributed by atoms with Crippen molar-refractivity contribution in [3.8, 4) is 5.75 Å². The van der Waals surface area contributed by atoms with Gasteiger partial charge in [-0.1, -0.05) is 67.6 Å². The monoisotopic (exact) mass is 459 g/mol. The third-order valence-electron chi connectivity index (χ3n) is 5.86. The van der Waals surface area contributed by atoms with E-state index in [4.69, 9.17) is 14.6 Å². The van der Waals surface area contributed by atoms with Crippen LogP contribution in [-0.2, 0) is 15.1 Å². The van der Waals surface area contributed by atoms with Crippen molar-refractivity contribution < 1.29 is 24.5 Å². The Morgan fingerprint density at radius 3 is 2.15 bits per heavy atom. The Bertz CT molecular complexity index is 1130. The fourth-order valence-corrected chi connectivity index (χ4v) is 4.33. The molecule has 0 fully saturated rings. The lowest BCUT2D eigenvalue weighted by Gasteiger charge is -2.40. The lowest BCUT2D eigenvalue weighted by Crippen LogP contribution is -2.43. The maximum absolute atomic E-state index is 13.5. The Hall–Kier alpha value is -3.77. The summed E-state index contributed by atoms with van der Waals surface area (Å²) in [6.45, 7) is 2.70. The summed E-state index contributed by atoms with van der Waals surface area (Å²) in [5.41, 5.74) is 1.29. The average Bonchev–Trinajstić information content (AvgIpc) is 2.88. The molecule has 0 radical (unpaired) electrons. The molecule has 3 aromatic rings. The molecule has 0 amide bonds. The highest BCUT2D eigenvalue weighted by molar-refractivity contribution is 5.95. The standard InChI is InChI=1S/C28H29NO5/c1-2-17-29(23-11-7-4-8-12-23)26-25(31)20-28(34-27(26)32,21-9-5-3-6-10-21)22-13-15-24(16-14-22)33-19-18-30/h3-16,30-31H,2,17-20H2,1H3. The highest BCUT2D eigenvalue weighted by Crippen LogP contribution is 2.44. The van der Waals surface area contributed by atoms with E-state index in [0.717, 1.165) is 23.2 Å². The summed E-state index contributed by atoms with van der Waals surface area (Å²) < 4.78 is 11.7. The maximum atomic E-state index is 13.5. The first-order chi connectivity index (χ1) is 16.6. The van der Waals surface area contributed by atoms with Gasteiger partial charge in [0.05, 0.1) is 13.0 Å². The number of anilines is 1. The van der Waals surface area contributed by atoms with Gasteiger partial charge in [0.25, 0.3) is 0 Å². The predicted octanol–water partition coefficient (Wildman–Crippen LogP) is 4.93. The van der Waals surface area contributed by atoms with Gasteiger partial charge in [-0.3, -0.25) is 0 Å². The molecule has 0 saturated carbocycles. The SMILES string of the molecule is CCCN(C1=C(O)CC(c2ccccc2)(c2ccc(OCCO)cc2)OC1=O)c1ccccc1. The summed E-state index contributed by atoms with van der Waals surface area (Å²) in [7, 11) is 0. The van der Waals surface area contributed by atoms with Crippen molar-refractivity contribution in [3.63, 3.8) is 0 Å². The molecule has 6 nitrogen and oxygen atoms in total. The molecular weight excluding hydrogens is 430 g/mol. The van der Waals surface area contributed by atoms with Gasteiger partial charge < -0.3 is 24.6 Å². The van der Waals surface area contributed by atoms with Crippen molar-refractivity contribution >= 4 is 11.7 Å². The number of cyclic esters (lactones) is 1. The summed E-state index contributed by atoms with van der Waals surface area (Å²) in [5.74, 6) is 0.00493. The average molecular weight is 460 g/mol. The second kappa shape index (κ2) is 10.4. The fraction of sp³-hybridized carbons (Fsp3) is 0.250. The van der Waals surface area contributed by atoms with Crippen molar-refractivity contribution in [2.45, 2.75) is 25.4 Å². The number of nitrogens with zero attached hydrogens (tertiary/aromatic N) is 1. The van der Waals surface area contributed by atoms with Gasteiger partial charge in [0.2, 0.25) is 0 Å². The third-order valence-corrected chi connectivity index (χ3v) is 5.86. The maximum Gasteiger partial charge on any atom is 0.359 e. The molecule has 0 bridgehead atoms. The fourth-order valence-electron chi connectivity index (χ4n) is 4.33. The summed E-state index contributed by atoms with van der Waals surface area (Å²) in [6, 6.07) is 26.2. The Morgan fingerprint density at radius 1 is 0.941 bits per heavy atom. The molecule has 176 valence electrons. The van der Waals surface area contributed by atoms with E-state index in [1.807, 2.05) is 84.6 Å².